The molecule has 0 aliphatic heterocycles. The van der Waals surface area contributed by atoms with Crippen molar-refractivity contribution in [3.63, 3.8) is 0 Å². The largest absolute Gasteiger partial charge is 0.319 e. The Morgan fingerprint density at radius 1 is 1.06 bits per heavy atom. The van der Waals surface area contributed by atoms with Crippen LogP contribution in [0, 0.1) is 25.2 Å². The molecular weight excluding hydrogens is 222 g/mol. The second kappa shape index (κ2) is 4.97. The van der Waals surface area contributed by atoms with E-state index in [-0.39, 0.29) is 6.04 Å². The number of hydrogen-bond acceptors (Lipinski definition) is 2. The summed E-state index contributed by atoms with van der Waals surface area (Å²) in [5.41, 5.74) is 7.68. The van der Waals surface area contributed by atoms with Gasteiger partial charge in [-0.25, -0.2) is 0 Å². The van der Waals surface area contributed by atoms with Crippen molar-refractivity contribution >= 4 is 0 Å². The number of aromatic nitrogens is 1. The van der Waals surface area contributed by atoms with Crippen molar-refractivity contribution in [2.24, 2.45) is 0 Å². The van der Waals surface area contributed by atoms with Crippen LogP contribution in [-0.2, 0) is 0 Å². The van der Waals surface area contributed by atoms with Crippen molar-refractivity contribution in [2.45, 2.75) is 26.8 Å². The molecule has 3 nitrogen and oxygen atoms in total. The predicted molar refractivity (Wildman–Crippen MR) is 72.8 cm³/mol. The summed E-state index contributed by atoms with van der Waals surface area (Å²) in [7, 11) is 0. The molecule has 18 heavy (non-hydrogen) atoms. The quantitative estimate of drug-likeness (QED) is 0.893. The number of rotatable bonds is 3. The molecule has 0 aliphatic carbocycles. The smallest absolute Gasteiger partial charge is 0.0991 e. The van der Waals surface area contributed by atoms with E-state index in [0.29, 0.717) is 5.56 Å². The Hall–Kier alpha value is -2.21. The van der Waals surface area contributed by atoms with E-state index in [4.69, 9.17) is 5.26 Å². The summed E-state index contributed by atoms with van der Waals surface area (Å²) in [6, 6.07) is 14.2. The third-order valence-electron chi connectivity index (χ3n) is 3.13. The van der Waals surface area contributed by atoms with E-state index in [9.17, 15) is 0 Å². The number of hydrogen-bond donors (Lipinski definition) is 1. The van der Waals surface area contributed by atoms with Crippen LogP contribution in [0.15, 0.2) is 36.4 Å². The van der Waals surface area contributed by atoms with Gasteiger partial charge < -0.3 is 5.43 Å². The molecule has 1 atom stereocenters. The van der Waals surface area contributed by atoms with E-state index in [1.165, 1.54) is 17.0 Å². The standard InChI is InChI=1S/C15H17N3/c1-11-4-5-12(2)18(11)17-13(3)15-8-6-14(10-16)7-9-15/h4-9,13,17H,1-3H3. The maximum atomic E-state index is 8.78. The Balaban J connectivity index is 2.17. The Morgan fingerprint density at radius 3 is 2.11 bits per heavy atom. The number of benzene rings is 1. The molecule has 0 aliphatic rings. The third-order valence-corrected chi connectivity index (χ3v) is 3.13. The molecule has 0 bridgehead atoms. The minimum atomic E-state index is 0.197. The van der Waals surface area contributed by atoms with Gasteiger partial charge in [0.05, 0.1) is 17.7 Å². The van der Waals surface area contributed by atoms with Crippen molar-refractivity contribution in [3.05, 3.63) is 58.9 Å². The summed E-state index contributed by atoms with van der Waals surface area (Å²) in [5, 5.41) is 8.78. The molecule has 0 spiro atoms. The zero-order valence-corrected chi connectivity index (χ0v) is 10.9. The fourth-order valence-electron chi connectivity index (χ4n) is 1.99. The van der Waals surface area contributed by atoms with E-state index >= 15 is 0 Å². The molecule has 1 aromatic heterocycles. The van der Waals surface area contributed by atoms with Gasteiger partial charge >= 0.3 is 0 Å². The van der Waals surface area contributed by atoms with Crippen LogP contribution in [0.25, 0.3) is 0 Å². The third kappa shape index (κ3) is 2.38. The second-order valence-corrected chi connectivity index (χ2v) is 4.54. The number of aryl methyl sites for hydroxylation is 2. The average molecular weight is 239 g/mol. The van der Waals surface area contributed by atoms with Gasteiger partial charge in [-0.05, 0) is 50.6 Å². The number of nitrogens with one attached hydrogen (secondary N) is 1. The van der Waals surface area contributed by atoms with Gasteiger partial charge in [-0.2, -0.15) is 5.26 Å². The highest BCUT2D eigenvalue weighted by atomic mass is 15.4. The summed E-state index contributed by atoms with van der Waals surface area (Å²) >= 11 is 0. The van der Waals surface area contributed by atoms with Crippen molar-refractivity contribution in [1.29, 1.82) is 5.26 Å². The van der Waals surface area contributed by atoms with E-state index in [0.717, 1.165) is 0 Å². The van der Waals surface area contributed by atoms with Gasteiger partial charge in [0, 0.05) is 11.4 Å². The Morgan fingerprint density at radius 2 is 1.61 bits per heavy atom. The van der Waals surface area contributed by atoms with Crippen molar-refractivity contribution in [3.8, 4) is 6.07 Å². The molecule has 1 unspecified atom stereocenters. The zero-order valence-electron chi connectivity index (χ0n) is 10.9. The van der Waals surface area contributed by atoms with Gasteiger partial charge in [-0.15, -0.1) is 0 Å². The van der Waals surface area contributed by atoms with Gasteiger partial charge in [0.2, 0.25) is 0 Å². The highest BCUT2D eigenvalue weighted by Gasteiger charge is 2.07. The van der Waals surface area contributed by atoms with Crippen LogP contribution in [0.2, 0.25) is 0 Å². The van der Waals surface area contributed by atoms with Crippen molar-refractivity contribution < 1.29 is 0 Å². The Labute approximate surface area is 108 Å². The van der Waals surface area contributed by atoms with E-state index in [2.05, 4.69) is 49.1 Å². The lowest BCUT2D eigenvalue weighted by Crippen LogP contribution is -2.20. The molecule has 0 amide bonds. The molecule has 2 rings (SSSR count). The lowest BCUT2D eigenvalue weighted by atomic mass is 10.1. The Bertz CT molecular complexity index is 553. The normalized spacial score (nSPS) is 11.9. The lowest BCUT2D eigenvalue weighted by Gasteiger charge is -2.19. The molecule has 0 radical (unpaired) electrons. The molecule has 3 heteroatoms. The van der Waals surface area contributed by atoms with Crippen LogP contribution in [0.3, 0.4) is 0 Å². The first-order valence-corrected chi connectivity index (χ1v) is 6.03. The number of nitrogens with zero attached hydrogens (tertiary/aromatic N) is 2. The topological polar surface area (TPSA) is 40.8 Å². The van der Waals surface area contributed by atoms with Gasteiger partial charge in [0.25, 0.3) is 0 Å². The van der Waals surface area contributed by atoms with Gasteiger partial charge in [0.15, 0.2) is 0 Å². The molecule has 2 aromatic rings. The summed E-state index contributed by atoms with van der Waals surface area (Å²) < 4.78 is 2.09. The van der Waals surface area contributed by atoms with E-state index in [1.807, 2.05) is 24.3 Å². The second-order valence-electron chi connectivity index (χ2n) is 4.54. The van der Waals surface area contributed by atoms with Crippen LogP contribution >= 0.6 is 0 Å². The molecule has 1 aromatic carbocycles. The zero-order chi connectivity index (χ0) is 13.1. The van der Waals surface area contributed by atoms with Gasteiger partial charge in [0.1, 0.15) is 0 Å². The van der Waals surface area contributed by atoms with Crippen LogP contribution in [0.4, 0.5) is 0 Å². The fraction of sp³-hybridized carbons (Fsp3) is 0.267. The van der Waals surface area contributed by atoms with Crippen LogP contribution in [0.5, 0.6) is 0 Å². The molecule has 0 fully saturated rings. The maximum Gasteiger partial charge on any atom is 0.0991 e. The summed E-state index contributed by atoms with van der Waals surface area (Å²) in [4.78, 5) is 0. The number of nitriles is 1. The first-order valence-electron chi connectivity index (χ1n) is 6.03. The van der Waals surface area contributed by atoms with Crippen LogP contribution in [0.1, 0.15) is 35.5 Å². The summed E-state index contributed by atoms with van der Waals surface area (Å²) in [5.74, 6) is 0. The first kappa shape index (κ1) is 12.3. The first-order chi connectivity index (χ1) is 8.61. The lowest BCUT2D eigenvalue weighted by molar-refractivity contribution is 0.699. The van der Waals surface area contributed by atoms with Crippen molar-refractivity contribution in [2.75, 3.05) is 5.43 Å². The van der Waals surface area contributed by atoms with Gasteiger partial charge in [-0.3, -0.25) is 4.68 Å². The van der Waals surface area contributed by atoms with E-state index in [1.54, 1.807) is 0 Å². The van der Waals surface area contributed by atoms with Crippen LogP contribution in [-0.4, -0.2) is 4.68 Å². The maximum absolute atomic E-state index is 8.78. The SMILES string of the molecule is Cc1ccc(C)n1NC(C)c1ccc(C#N)cc1. The monoisotopic (exact) mass is 239 g/mol. The minimum Gasteiger partial charge on any atom is -0.319 e. The highest BCUT2D eigenvalue weighted by molar-refractivity contribution is 5.33. The average Bonchev–Trinajstić information content (AvgIpc) is 2.70. The summed E-state index contributed by atoms with van der Waals surface area (Å²) in [6.07, 6.45) is 0. The molecule has 0 saturated carbocycles. The van der Waals surface area contributed by atoms with Gasteiger partial charge in [-0.1, -0.05) is 12.1 Å². The Kier molecular flexibility index (Phi) is 3.38. The van der Waals surface area contributed by atoms with Crippen LogP contribution < -0.4 is 5.43 Å². The van der Waals surface area contributed by atoms with E-state index < -0.39 is 0 Å². The summed E-state index contributed by atoms with van der Waals surface area (Å²) in [6.45, 7) is 6.26. The predicted octanol–water partition coefficient (Wildman–Crippen LogP) is 3.28. The highest BCUT2D eigenvalue weighted by Crippen LogP contribution is 2.16. The molecule has 0 saturated heterocycles. The van der Waals surface area contributed by atoms with Crippen molar-refractivity contribution in [1.82, 2.24) is 4.68 Å². The fourth-order valence-corrected chi connectivity index (χ4v) is 1.99. The molecule has 1 N–H and O–H groups in total. The minimum absolute atomic E-state index is 0.197. The molecule has 1 heterocycles. The molecular formula is C15H17N3. The molecule has 92 valence electrons.